The third-order valence-electron chi connectivity index (χ3n) is 3.99. The van der Waals surface area contributed by atoms with Crippen molar-refractivity contribution in [2.75, 3.05) is 0 Å². The van der Waals surface area contributed by atoms with E-state index in [4.69, 9.17) is 4.74 Å². The van der Waals surface area contributed by atoms with Gasteiger partial charge in [-0.1, -0.05) is 6.07 Å². The Labute approximate surface area is 158 Å². The Bertz CT molecular complexity index is 916. The Morgan fingerprint density at radius 2 is 1.93 bits per heavy atom. The molecule has 0 aliphatic heterocycles. The Morgan fingerprint density at radius 1 is 1.14 bits per heavy atom. The number of hydrogen-bond donors (Lipinski definition) is 0. The predicted molar refractivity (Wildman–Crippen MR) is 90.8 cm³/mol. The van der Waals surface area contributed by atoms with Crippen LogP contribution in [0.3, 0.4) is 0 Å². The summed E-state index contributed by atoms with van der Waals surface area (Å²) >= 11 is 0. The minimum atomic E-state index is -3.60. The lowest BCUT2D eigenvalue weighted by Gasteiger charge is -2.27. The van der Waals surface area contributed by atoms with E-state index in [0.29, 0.717) is 11.8 Å². The molecule has 0 saturated heterocycles. The van der Waals surface area contributed by atoms with Crippen LogP contribution in [0.4, 0.5) is 17.6 Å². The van der Waals surface area contributed by atoms with Crippen molar-refractivity contribution in [3.8, 4) is 5.75 Å². The molecule has 0 aliphatic rings. The zero-order valence-electron chi connectivity index (χ0n) is 15.1. The van der Waals surface area contributed by atoms with Crippen LogP contribution >= 0.6 is 0 Å². The monoisotopic (exact) mass is 395 g/mol. The zero-order chi connectivity index (χ0) is 20.3. The summed E-state index contributed by atoms with van der Waals surface area (Å²) in [6.45, 7) is 3.15. The molecule has 0 bridgehead atoms. The second kappa shape index (κ2) is 7.91. The molecule has 3 rings (SSSR count). The number of ether oxygens (including phenoxy) is 1. The number of hydrogen-bond acceptors (Lipinski definition) is 5. The number of rotatable bonds is 7. The molecule has 2 heterocycles. The summed E-state index contributed by atoms with van der Waals surface area (Å²) in [5.74, 6) is -6.93. The topological polar surface area (TPSA) is 65.7 Å². The van der Waals surface area contributed by atoms with Gasteiger partial charge in [0.2, 0.25) is 0 Å². The molecule has 0 saturated carbocycles. The Balaban J connectivity index is 2.00. The van der Waals surface area contributed by atoms with Gasteiger partial charge in [-0.15, -0.1) is 5.10 Å². The van der Waals surface area contributed by atoms with Gasteiger partial charge in [-0.2, -0.15) is 8.78 Å². The number of pyridine rings is 1. The minimum Gasteiger partial charge on any atom is -0.489 e. The van der Waals surface area contributed by atoms with Crippen molar-refractivity contribution in [3.63, 3.8) is 0 Å². The van der Waals surface area contributed by atoms with Crippen LogP contribution in [0, 0.1) is 11.6 Å². The van der Waals surface area contributed by atoms with Gasteiger partial charge in [-0.05, 0) is 48.0 Å². The van der Waals surface area contributed by atoms with Crippen molar-refractivity contribution in [1.29, 1.82) is 0 Å². The Kier molecular flexibility index (Phi) is 5.57. The fourth-order valence-corrected chi connectivity index (χ4v) is 2.74. The number of benzene rings is 1. The predicted octanol–water partition coefficient (Wildman–Crippen LogP) is 3.71. The molecule has 3 aromatic rings. The van der Waals surface area contributed by atoms with E-state index in [1.54, 1.807) is 13.8 Å². The first kappa shape index (κ1) is 19.7. The van der Waals surface area contributed by atoms with Crippen LogP contribution in [0.5, 0.6) is 5.75 Å². The Morgan fingerprint density at radius 3 is 2.50 bits per heavy atom. The highest BCUT2D eigenvalue weighted by atomic mass is 19.3. The molecule has 0 N–H and O–H groups in total. The van der Waals surface area contributed by atoms with Crippen LogP contribution in [0.25, 0.3) is 0 Å². The van der Waals surface area contributed by atoms with E-state index in [2.05, 4.69) is 20.5 Å². The molecule has 2 aromatic heterocycles. The third-order valence-corrected chi connectivity index (χ3v) is 3.99. The van der Waals surface area contributed by atoms with E-state index in [1.165, 1.54) is 12.3 Å². The molecule has 28 heavy (non-hydrogen) atoms. The fraction of sp³-hybridized carbons (Fsp3) is 0.333. The lowest BCUT2D eigenvalue weighted by Crippen LogP contribution is -2.30. The molecule has 1 atom stereocenters. The van der Waals surface area contributed by atoms with Crippen LogP contribution < -0.4 is 4.74 Å². The van der Waals surface area contributed by atoms with Gasteiger partial charge in [0.1, 0.15) is 29.4 Å². The average molecular weight is 395 g/mol. The second-order valence-electron chi connectivity index (χ2n) is 6.42. The fourth-order valence-electron chi connectivity index (χ4n) is 2.74. The normalized spacial score (nSPS) is 13.0. The van der Waals surface area contributed by atoms with Crippen molar-refractivity contribution in [3.05, 3.63) is 65.7 Å². The summed E-state index contributed by atoms with van der Waals surface area (Å²) in [5, 5.41) is 10.4. The lowest BCUT2D eigenvalue weighted by atomic mass is 9.89. The second-order valence-corrected chi connectivity index (χ2v) is 6.42. The molecule has 10 heteroatoms. The lowest BCUT2D eigenvalue weighted by molar-refractivity contribution is -0.0455. The number of nitrogens with zero attached hydrogens (tertiary/aromatic N) is 5. The maximum atomic E-state index is 15.3. The highest BCUT2D eigenvalue weighted by Crippen LogP contribution is 2.43. The molecule has 148 valence electrons. The number of aromatic nitrogens is 5. The molecule has 0 spiro atoms. The quantitative estimate of drug-likeness (QED) is 0.571. The van der Waals surface area contributed by atoms with Gasteiger partial charge in [0.25, 0.3) is 5.92 Å². The SMILES string of the molecule is CC(C)Oc1ccc(C(F)(F)C(Cn2cnnn2)c2ccc(F)cc2F)nc1. The van der Waals surface area contributed by atoms with Crippen LogP contribution in [-0.2, 0) is 12.5 Å². The van der Waals surface area contributed by atoms with Gasteiger partial charge >= 0.3 is 0 Å². The number of tetrazole rings is 1. The molecule has 0 radical (unpaired) electrons. The maximum absolute atomic E-state index is 15.3. The highest BCUT2D eigenvalue weighted by molar-refractivity contribution is 5.29. The first-order chi connectivity index (χ1) is 13.3. The van der Waals surface area contributed by atoms with Crippen LogP contribution in [0.2, 0.25) is 0 Å². The van der Waals surface area contributed by atoms with E-state index >= 15 is 8.78 Å². The summed E-state index contributed by atoms with van der Waals surface area (Å²) in [6, 6.07) is 4.96. The third kappa shape index (κ3) is 4.26. The van der Waals surface area contributed by atoms with Crippen LogP contribution in [-0.4, -0.2) is 31.3 Å². The molecule has 1 aromatic carbocycles. The van der Waals surface area contributed by atoms with Crippen molar-refractivity contribution in [2.24, 2.45) is 0 Å². The van der Waals surface area contributed by atoms with Gasteiger partial charge in [-0.3, -0.25) is 4.98 Å². The van der Waals surface area contributed by atoms with Gasteiger partial charge in [0, 0.05) is 6.07 Å². The van der Waals surface area contributed by atoms with Crippen LogP contribution in [0.1, 0.15) is 31.0 Å². The van der Waals surface area contributed by atoms with E-state index in [9.17, 15) is 8.78 Å². The molecule has 0 amide bonds. The van der Waals surface area contributed by atoms with E-state index in [1.807, 2.05) is 0 Å². The number of alkyl halides is 2. The largest absolute Gasteiger partial charge is 0.489 e. The van der Waals surface area contributed by atoms with Crippen molar-refractivity contribution < 1.29 is 22.3 Å². The van der Waals surface area contributed by atoms with Crippen molar-refractivity contribution in [1.82, 2.24) is 25.2 Å². The Hall–Kier alpha value is -3.04. The standard InChI is InChI=1S/C18H17F4N5O/c1-11(2)28-13-4-6-17(23-8-13)18(21,22)15(9-27-10-24-25-26-27)14-5-3-12(19)7-16(14)20/h3-8,10-11,15H,9H2,1-2H3. The van der Waals surface area contributed by atoms with Crippen LogP contribution in [0.15, 0.2) is 42.9 Å². The zero-order valence-corrected chi connectivity index (χ0v) is 15.1. The smallest absolute Gasteiger partial charge is 0.298 e. The first-order valence-corrected chi connectivity index (χ1v) is 8.44. The molecular weight excluding hydrogens is 378 g/mol. The summed E-state index contributed by atoms with van der Waals surface area (Å²) in [5.41, 5.74) is -0.948. The van der Waals surface area contributed by atoms with E-state index in [0.717, 1.165) is 29.2 Å². The molecule has 0 fully saturated rings. The van der Waals surface area contributed by atoms with E-state index < -0.39 is 35.7 Å². The number of halogens is 4. The molecule has 6 nitrogen and oxygen atoms in total. The summed E-state index contributed by atoms with van der Waals surface area (Å²) in [4.78, 5) is 3.79. The first-order valence-electron chi connectivity index (χ1n) is 8.44. The van der Waals surface area contributed by atoms with Gasteiger partial charge in [-0.25, -0.2) is 13.5 Å². The molecule has 0 aliphatic carbocycles. The van der Waals surface area contributed by atoms with Gasteiger partial charge in [0.15, 0.2) is 0 Å². The average Bonchev–Trinajstić information content (AvgIpc) is 3.13. The maximum Gasteiger partial charge on any atom is 0.298 e. The van der Waals surface area contributed by atoms with Crippen molar-refractivity contribution in [2.45, 2.75) is 38.3 Å². The molecule has 1 unspecified atom stereocenters. The van der Waals surface area contributed by atoms with Gasteiger partial charge in [0.05, 0.1) is 24.8 Å². The van der Waals surface area contributed by atoms with Gasteiger partial charge < -0.3 is 4.74 Å². The minimum absolute atomic E-state index is 0.144. The molecular formula is C18H17F4N5O. The summed E-state index contributed by atoms with van der Waals surface area (Å²) < 4.78 is 64.7. The highest BCUT2D eigenvalue weighted by Gasteiger charge is 2.45. The van der Waals surface area contributed by atoms with Crippen molar-refractivity contribution >= 4 is 0 Å². The van der Waals surface area contributed by atoms with E-state index in [-0.39, 0.29) is 11.7 Å². The summed E-state index contributed by atoms with van der Waals surface area (Å²) in [7, 11) is 0. The summed E-state index contributed by atoms with van der Waals surface area (Å²) in [6.07, 6.45) is 2.17.